The number of halogens is 1. The highest BCUT2D eigenvalue weighted by molar-refractivity contribution is 7.91. The molecule has 0 aliphatic carbocycles. The third-order valence-corrected chi connectivity index (χ3v) is 5.32. The van der Waals surface area contributed by atoms with Crippen LogP contribution in [0.4, 0.5) is 4.39 Å². The van der Waals surface area contributed by atoms with E-state index in [-0.39, 0.29) is 29.7 Å². The Morgan fingerprint density at radius 1 is 1.12 bits per heavy atom. The van der Waals surface area contributed by atoms with Crippen LogP contribution in [0.1, 0.15) is 25.8 Å². The summed E-state index contributed by atoms with van der Waals surface area (Å²) in [6, 6.07) is 12.2. The highest BCUT2D eigenvalue weighted by Crippen LogP contribution is 2.18. The van der Waals surface area contributed by atoms with Gasteiger partial charge in [-0.25, -0.2) is 12.8 Å². The highest BCUT2D eigenvalue weighted by atomic mass is 32.2. The number of hydrogen-bond donors (Lipinski definition) is 1. The van der Waals surface area contributed by atoms with Crippen molar-refractivity contribution in [1.82, 2.24) is 5.32 Å². The fourth-order valence-electron chi connectivity index (χ4n) is 2.27. The van der Waals surface area contributed by atoms with E-state index in [1.54, 1.807) is 30.3 Å². The van der Waals surface area contributed by atoms with Crippen LogP contribution in [0.5, 0.6) is 5.75 Å². The lowest BCUT2D eigenvalue weighted by molar-refractivity contribution is -0.120. The van der Waals surface area contributed by atoms with Crippen molar-refractivity contribution in [3.63, 3.8) is 0 Å². The maximum Gasteiger partial charge on any atom is 0.221 e. The van der Waals surface area contributed by atoms with Crippen LogP contribution in [-0.2, 0) is 21.2 Å². The number of hydrogen-bond acceptors (Lipinski definition) is 4. The highest BCUT2D eigenvalue weighted by Gasteiger charge is 2.17. The van der Waals surface area contributed by atoms with E-state index >= 15 is 0 Å². The van der Waals surface area contributed by atoms with Gasteiger partial charge in [-0.05, 0) is 44.2 Å². The van der Waals surface area contributed by atoms with Crippen LogP contribution >= 0.6 is 0 Å². The molecule has 7 heteroatoms. The molecule has 26 heavy (non-hydrogen) atoms. The van der Waals surface area contributed by atoms with E-state index in [9.17, 15) is 17.6 Å². The number of rotatable bonds is 8. The van der Waals surface area contributed by atoms with Crippen LogP contribution in [0.3, 0.4) is 0 Å². The third kappa shape index (κ3) is 5.84. The molecular formula is C19H22FNO4S. The molecule has 0 aliphatic rings. The summed E-state index contributed by atoms with van der Waals surface area (Å²) in [6.07, 6.45) is -0.197. The summed E-state index contributed by atoms with van der Waals surface area (Å²) < 4.78 is 43.6. The quantitative estimate of drug-likeness (QED) is 0.765. The molecule has 1 amide bonds. The van der Waals surface area contributed by atoms with Gasteiger partial charge in [0, 0.05) is 18.5 Å². The summed E-state index contributed by atoms with van der Waals surface area (Å²) in [5.41, 5.74) is 0.351. The Labute approximate surface area is 153 Å². The van der Waals surface area contributed by atoms with Gasteiger partial charge in [-0.15, -0.1) is 0 Å². The molecular weight excluding hydrogens is 357 g/mol. The van der Waals surface area contributed by atoms with Gasteiger partial charge in [0.25, 0.3) is 0 Å². The monoisotopic (exact) mass is 379 g/mol. The fraction of sp³-hybridized carbons (Fsp3) is 0.316. The lowest BCUT2D eigenvalue weighted by Gasteiger charge is -2.10. The lowest BCUT2D eigenvalue weighted by Crippen LogP contribution is -2.25. The van der Waals surface area contributed by atoms with Gasteiger partial charge in [0.05, 0.1) is 16.8 Å². The lowest BCUT2D eigenvalue weighted by atomic mass is 10.2. The molecule has 0 heterocycles. The molecule has 0 bridgehead atoms. The molecule has 2 rings (SSSR count). The van der Waals surface area contributed by atoms with Crippen molar-refractivity contribution in [3.8, 4) is 5.75 Å². The van der Waals surface area contributed by atoms with Gasteiger partial charge in [-0.3, -0.25) is 4.79 Å². The van der Waals surface area contributed by atoms with Crippen LogP contribution in [0.2, 0.25) is 0 Å². The van der Waals surface area contributed by atoms with Crippen LogP contribution < -0.4 is 10.1 Å². The fourth-order valence-corrected chi connectivity index (χ4v) is 3.51. The average molecular weight is 379 g/mol. The Bertz CT molecular complexity index is 848. The zero-order valence-corrected chi connectivity index (χ0v) is 15.6. The Kier molecular flexibility index (Phi) is 6.74. The number of benzene rings is 2. The maximum absolute atomic E-state index is 13.5. The summed E-state index contributed by atoms with van der Waals surface area (Å²) in [6.45, 7) is 3.78. The standard InChI is InChI=1S/C19H22FNO4S/c1-14(2)25-16-7-9-17(10-8-16)26(23,24)12-11-19(22)21-13-15-5-3-4-6-18(15)20/h3-10,14H,11-13H2,1-2H3,(H,21,22). The van der Waals surface area contributed by atoms with Gasteiger partial charge in [0.1, 0.15) is 11.6 Å². The molecule has 0 saturated heterocycles. The first-order valence-electron chi connectivity index (χ1n) is 8.27. The molecule has 0 unspecified atom stereocenters. The summed E-state index contributed by atoms with van der Waals surface area (Å²) in [5.74, 6) is -0.595. The maximum atomic E-state index is 13.5. The Hall–Kier alpha value is -2.41. The first-order chi connectivity index (χ1) is 12.3. The number of amides is 1. The van der Waals surface area contributed by atoms with Crippen molar-refractivity contribution in [2.24, 2.45) is 0 Å². The Balaban J connectivity index is 1.88. The second-order valence-corrected chi connectivity index (χ2v) is 8.18. The summed E-state index contributed by atoms with van der Waals surface area (Å²) in [7, 11) is -3.58. The summed E-state index contributed by atoms with van der Waals surface area (Å²) >= 11 is 0. The molecule has 0 spiro atoms. The average Bonchev–Trinajstić information content (AvgIpc) is 2.59. The predicted octanol–water partition coefficient (Wildman–Crippen LogP) is 3.09. The van der Waals surface area contributed by atoms with E-state index in [1.165, 1.54) is 18.2 Å². The predicted molar refractivity (Wildman–Crippen MR) is 97.1 cm³/mol. The Morgan fingerprint density at radius 3 is 2.38 bits per heavy atom. The second kappa shape index (κ2) is 8.80. The van der Waals surface area contributed by atoms with E-state index in [2.05, 4.69) is 5.32 Å². The van der Waals surface area contributed by atoms with Crippen molar-refractivity contribution in [2.75, 3.05) is 5.75 Å². The van der Waals surface area contributed by atoms with Gasteiger partial charge in [0.15, 0.2) is 9.84 Å². The second-order valence-electron chi connectivity index (χ2n) is 6.08. The SMILES string of the molecule is CC(C)Oc1ccc(S(=O)(=O)CCC(=O)NCc2ccccc2F)cc1. The van der Waals surface area contributed by atoms with Gasteiger partial charge >= 0.3 is 0 Å². The molecule has 0 atom stereocenters. The molecule has 0 aromatic heterocycles. The van der Waals surface area contributed by atoms with Crippen LogP contribution in [-0.4, -0.2) is 26.2 Å². The molecule has 1 N–H and O–H groups in total. The minimum atomic E-state index is -3.58. The summed E-state index contributed by atoms with van der Waals surface area (Å²) in [5, 5.41) is 2.53. The normalized spacial score (nSPS) is 11.4. The van der Waals surface area contributed by atoms with Crippen LogP contribution in [0.15, 0.2) is 53.4 Å². The number of sulfone groups is 1. The molecule has 2 aromatic rings. The first kappa shape index (κ1) is 19.9. The zero-order valence-electron chi connectivity index (χ0n) is 14.7. The number of carbonyl (C=O) groups excluding carboxylic acids is 1. The van der Waals surface area contributed by atoms with E-state index in [0.717, 1.165) is 0 Å². The minimum absolute atomic E-state index is 0.00407. The van der Waals surface area contributed by atoms with Crippen molar-refractivity contribution < 1.29 is 22.3 Å². The van der Waals surface area contributed by atoms with E-state index in [4.69, 9.17) is 4.74 Å². The zero-order chi connectivity index (χ0) is 19.2. The molecule has 0 radical (unpaired) electrons. The van der Waals surface area contributed by atoms with Gasteiger partial charge in [0.2, 0.25) is 5.91 Å². The van der Waals surface area contributed by atoms with Crippen molar-refractivity contribution >= 4 is 15.7 Å². The molecule has 0 saturated carbocycles. The molecule has 0 fully saturated rings. The van der Waals surface area contributed by atoms with Crippen LogP contribution in [0.25, 0.3) is 0 Å². The topological polar surface area (TPSA) is 72.5 Å². The largest absolute Gasteiger partial charge is 0.491 e. The third-order valence-electron chi connectivity index (χ3n) is 3.59. The van der Waals surface area contributed by atoms with Crippen molar-refractivity contribution in [1.29, 1.82) is 0 Å². The van der Waals surface area contributed by atoms with Gasteiger partial charge in [-0.1, -0.05) is 18.2 Å². The molecule has 0 aliphatic heterocycles. The number of nitrogens with one attached hydrogen (secondary N) is 1. The Morgan fingerprint density at radius 2 is 1.77 bits per heavy atom. The van der Waals surface area contributed by atoms with E-state index < -0.39 is 21.6 Å². The number of ether oxygens (including phenoxy) is 1. The van der Waals surface area contributed by atoms with Gasteiger partial charge < -0.3 is 10.1 Å². The smallest absolute Gasteiger partial charge is 0.221 e. The summed E-state index contributed by atoms with van der Waals surface area (Å²) in [4.78, 5) is 12.0. The minimum Gasteiger partial charge on any atom is -0.491 e. The van der Waals surface area contributed by atoms with Crippen LogP contribution in [0, 0.1) is 5.82 Å². The van der Waals surface area contributed by atoms with E-state index in [1.807, 2.05) is 13.8 Å². The molecule has 2 aromatic carbocycles. The first-order valence-corrected chi connectivity index (χ1v) is 9.93. The van der Waals surface area contributed by atoms with Crippen molar-refractivity contribution in [3.05, 3.63) is 59.9 Å². The van der Waals surface area contributed by atoms with Crippen molar-refractivity contribution in [2.45, 2.75) is 37.8 Å². The number of carbonyl (C=O) groups is 1. The molecule has 5 nitrogen and oxygen atoms in total. The van der Waals surface area contributed by atoms with E-state index in [0.29, 0.717) is 11.3 Å². The molecule has 140 valence electrons. The van der Waals surface area contributed by atoms with Gasteiger partial charge in [-0.2, -0.15) is 0 Å².